The molecular weight excluding hydrogens is 311 g/mol. The molecule has 5 nitrogen and oxygen atoms in total. The monoisotopic (exact) mass is 334 g/mol. The number of benzene rings is 1. The molecule has 3 rings (SSSR count). The number of carbonyl (C=O) groups excluding carboxylic acids is 2. The molecule has 1 atom stereocenters. The lowest BCUT2D eigenvalue weighted by Gasteiger charge is -2.23. The minimum Gasteiger partial charge on any atom is -0.388 e. The van der Waals surface area contributed by atoms with Gasteiger partial charge in [-0.3, -0.25) is 9.59 Å². The van der Waals surface area contributed by atoms with Crippen molar-refractivity contribution in [1.29, 1.82) is 0 Å². The van der Waals surface area contributed by atoms with Crippen LogP contribution in [0.2, 0.25) is 0 Å². The zero-order valence-electron chi connectivity index (χ0n) is 13.8. The SMILES string of the molecule is Cc1cc(N2CC(C(=O)NCC3(O)CCCC3)CC2=O)ccc1F. The summed E-state index contributed by atoms with van der Waals surface area (Å²) in [6, 6.07) is 4.51. The van der Waals surface area contributed by atoms with Gasteiger partial charge in [-0.2, -0.15) is 0 Å². The average molecular weight is 334 g/mol. The van der Waals surface area contributed by atoms with E-state index in [1.807, 2.05) is 0 Å². The quantitative estimate of drug-likeness (QED) is 0.884. The van der Waals surface area contributed by atoms with Crippen molar-refractivity contribution in [2.24, 2.45) is 5.92 Å². The van der Waals surface area contributed by atoms with Gasteiger partial charge in [0.05, 0.1) is 11.5 Å². The molecule has 0 spiro atoms. The van der Waals surface area contributed by atoms with Gasteiger partial charge < -0.3 is 15.3 Å². The predicted molar refractivity (Wildman–Crippen MR) is 88.0 cm³/mol. The molecule has 1 unspecified atom stereocenters. The van der Waals surface area contributed by atoms with Gasteiger partial charge in [-0.15, -0.1) is 0 Å². The maximum Gasteiger partial charge on any atom is 0.227 e. The fraction of sp³-hybridized carbons (Fsp3) is 0.556. The lowest BCUT2D eigenvalue weighted by molar-refractivity contribution is -0.127. The molecule has 1 saturated heterocycles. The van der Waals surface area contributed by atoms with Crippen molar-refractivity contribution in [1.82, 2.24) is 5.32 Å². The van der Waals surface area contributed by atoms with Gasteiger partial charge in [-0.05, 0) is 43.5 Å². The number of aliphatic hydroxyl groups is 1. The molecule has 1 aliphatic carbocycles. The van der Waals surface area contributed by atoms with Crippen LogP contribution in [0.4, 0.5) is 10.1 Å². The van der Waals surface area contributed by atoms with E-state index in [1.54, 1.807) is 19.1 Å². The molecule has 1 aromatic rings. The highest BCUT2D eigenvalue weighted by Crippen LogP contribution is 2.29. The topological polar surface area (TPSA) is 69.6 Å². The van der Waals surface area contributed by atoms with E-state index < -0.39 is 11.5 Å². The lowest BCUT2D eigenvalue weighted by atomic mass is 10.0. The van der Waals surface area contributed by atoms with Gasteiger partial charge >= 0.3 is 0 Å². The van der Waals surface area contributed by atoms with Crippen LogP contribution >= 0.6 is 0 Å². The zero-order chi connectivity index (χ0) is 17.3. The van der Waals surface area contributed by atoms with Crippen molar-refractivity contribution in [3.63, 3.8) is 0 Å². The largest absolute Gasteiger partial charge is 0.388 e. The van der Waals surface area contributed by atoms with Crippen molar-refractivity contribution in [3.8, 4) is 0 Å². The fourth-order valence-electron chi connectivity index (χ4n) is 3.54. The van der Waals surface area contributed by atoms with E-state index in [4.69, 9.17) is 0 Å². The number of nitrogens with one attached hydrogen (secondary N) is 1. The molecular formula is C18H23FN2O3. The van der Waals surface area contributed by atoms with Crippen molar-refractivity contribution in [2.75, 3.05) is 18.0 Å². The van der Waals surface area contributed by atoms with Crippen molar-refractivity contribution in [2.45, 2.75) is 44.6 Å². The second kappa shape index (κ2) is 6.51. The number of halogens is 1. The Morgan fingerprint density at radius 2 is 2.12 bits per heavy atom. The summed E-state index contributed by atoms with van der Waals surface area (Å²) < 4.78 is 13.4. The molecule has 2 fully saturated rings. The van der Waals surface area contributed by atoms with Crippen LogP contribution in [0, 0.1) is 18.7 Å². The van der Waals surface area contributed by atoms with E-state index in [2.05, 4.69) is 5.32 Å². The van der Waals surface area contributed by atoms with Gasteiger partial charge in [-0.25, -0.2) is 4.39 Å². The first-order valence-electron chi connectivity index (χ1n) is 8.45. The first-order chi connectivity index (χ1) is 11.4. The summed E-state index contributed by atoms with van der Waals surface area (Å²) in [5.41, 5.74) is 0.284. The highest BCUT2D eigenvalue weighted by molar-refractivity contribution is 6.00. The number of anilines is 1. The van der Waals surface area contributed by atoms with E-state index in [0.717, 1.165) is 12.8 Å². The number of hydrogen-bond acceptors (Lipinski definition) is 3. The van der Waals surface area contributed by atoms with Gasteiger partial charge in [0.1, 0.15) is 5.82 Å². The second-order valence-corrected chi connectivity index (χ2v) is 6.99. The van der Waals surface area contributed by atoms with Crippen LogP contribution in [0.25, 0.3) is 0 Å². The molecule has 24 heavy (non-hydrogen) atoms. The van der Waals surface area contributed by atoms with Gasteiger partial charge in [-0.1, -0.05) is 12.8 Å². The molecule has 1 aromatic carbocycles. The number of carbonyl (C=O) groups is 2. The molecule has 130 valence electrons. The van der Waals surface area contributed by atoms with E-state index in [9.17, 15) is 19.1 Å². The van der Waals surface area contributed by atoms with Crippen LogP contribution in [0.3, 0.4) is 0 Å². The van der Waals surface area contributed by atoms with Crippen molar-refractivity contribution in [3.05, 3.63) is 29.6 Å². The van der Waals surface area contributed by atoms with E-state index in [-0.39, 0.29) is 37.1 Å². The second-order valence-electron chi connectivity index (χ2n) is 6.99. The van der Waals surface area contributed by atoms with Gasteiger partial charge in [0.25, 0.3) is 0 Å². The van der Waals surface area contributed by atoms with Crippen LogP contribution in [-0.2, 0) is 9.59 Å². The summed E-state index contributed by atoms with van der Waals surface area (Å²) in [4.78, 5) is 26.1. The van der Waals surface area contributed by atoms with Crippen LogP contribution in [0.1, 0.15) is 37.7 Å². The molecule has 1 heterocycles. The first kappa shape index (κ1) is 16.9. The normalized spacial score (nSPS) is 22.9. The Bertz CT molecular complexity index is 656. The van der Waals surface area contributed by atoms with Crippen molar-refractivity contribution >= 4 is 17.5 Å². The number of rotatable bonds is 4. The number of aryl methyl sites for hydroxylation is 1. The Hall–Kier alpha value is -1.95. The van der Waals surface area contributed by atoms with Crippen LogP contribution in [0.5, 0.6) is 0 Å². The van der Waals surface area contributed by atoms with Crippen LogP contribution < -0.4 is 10.2 Å². The van der Waals surface area contributed by atoms with Gasteiger partial charge in [0.15, 0.2) is 0 Å². The van der Waals surface area contributed by atoms with Gasteiger partial charge in [0.2, 0.25) is 11.8 Å². The fourth-order valence-corrected chi connectivity index (χ4v) is 3.54. The smallest absolute Gasteiger partial charge is 0.227 e. The summed E-state index contributed by atoms with van der Waals surface area (Å²) in [7, 11) is 0. The summed E-state index contributed by atoms with van der Waals surface area (Å²) in [5, 5.41) is 13.1. The number of nitrogens with zero attached hydrogens (tertiary/aromatic N) is 1. The standard InChI is InChI=1S/C18H23FN2O3/c1-12-8-14(4-5-15(12)19)21-10-13(9-16(21)22)17(23)20-11-18(24)6-2-3-7-18/h4-5,8,13,24H,2-3,6-7,9-11H2,1H3,(H,20,23). The first-order valence-corrected chi connectivity index (χ1v) is 8.45. The van der Waals surface area contributed by atoms with E-state index >= 15 is 0 Å². The number of amides is 2. The molecule has 6 heteroatoms. The molecule has 2 aliphatic rings. The maximum atomic E-state index is 13.4. The third kappa shape index (κ3) is 3.43. The van der Waals surface area contributed by atoms with Gasteiger partial charge in [0, 0.05) is 25.2 Å². The summed E-state index contributed by atoms with van der Waals surface area (Å²) in [5.74, 6) is -1.09. The molecule has 2 N–H and O–H groups in total. The Morgan fingerprint density at radius 3 is 2.79 bits per heavy atom. The van der Waals surface area contributed by atoms with Crippen LogP contribution in [-0.4, -0.2) is 35.6 Å². The summed E-state index contributed by atoms with van der Waals surface area (Å²) >= 11 is 0. The minimum absolute atomic E-state index is 0.138. The molecule has 2 amide bonds. The van der Waals surface area contributed by atoms with Crippen molar-refractivity contribution < 1.29 is 19.1 Å². The predicted octanol–water partition coefficient (Wildman–Crippen LogP) is 1.91. The summed E-state index contributed by atoms with van der Waals surface area (Å²) in [6.45, 7) is 2.17. The highest BCUT2D eigenvalue weighted by atomic mass is 19.1. The van der Waals surface area contributed by atoms with E-state index in [1.165, 1.54) is 11.0 Å². The van der Waals surface area contributed by atoms with Crippen LogP contribution in [0.15, 0.2) is 18.2 Å². The third-order valence-corrected chi connectivity index (χ3v) is 5.07. The molecule has 1 aliphatic heterocycles. The molecule has 0 radical (unpaired) electrons. The Kier molecular flexibility index (Phi) is 4.58. The Balaban J connectivity index is 1.61. The minimum atomic E-state index is -0.800. The lowest BCUT2D eigenvalue weighted by Crippen LogP contribution is -2.43. The van der Waals surface area contributed by atoms with E-state index in [0.29, 0.717) is 24.1 Å². The highest BCUT2D eigenvalue weighted by Gasteiger charge is 2.37. The average Bonchev–Trinajstić information content (AvgIpc) is 3.15. The Morgan fingerprint density at radius 1 is 1.42 bits per heavy atom. The summed E-state index contributed by atoms with van der Waals surface area (Å²) in [6.07, 6.45) is 3.51. The maximum absolute atomic E-state index is 13.4. The molecule has 0 aromatic heterocycles. The molecule has 0 bridgehead atoms. The molecule has 1 saturated carbocycles. The number of hydrogen-bond donors (Lipinski definition) is 2. The zero-order valence-corrected chi connectivity index (χ0v) is 13.8. The third-order valence-electron chi connectivity index (χ3n) is 5.07. The Labute approximate surface area is 140 Å².